The van der Waals surface area contributed by atoms with Crippen LogP contribution >= 0.6 is 0 Å². The van der Waals surface area contributed by atoms with Crippen molar-refractivity contribution >= 4 is 11.9 Å². The molecule has 0 spiro atoms. The van der Waals surface area contributed by atoms with Crippen molar-refractivity contribution in [2.45, 2.75) is 31.7 Å². The fourth-order valence-electron chi connectivity index (χ4n) is 2.61. The molecule has 0 aromatic carbocycles. The zero-order valence-electron chi connectivity index (χ0n) is 12.8. The van der Waals surface area contributed by atoms with Gasteiger partial charge in [-0.15, -0.1) is 0 Å². The second kappa shape index (κ2) is 9.70. The summed E-state index contributed by atoms with van der Waals surface area (Å²) in [6.07, 6.45) is 3.33. The minimum Gasteiger partial charge on any atom is -0.480 e. The third-order valence-electron chi connectivity index (χ3n) is 3.75. The number of carbonyl (C=O) groups is 2. The lowest BCUT2D eigenvalue weighted by Gasteiger charge is -2.40. The predicted molar refractivity (Wildman–Crippen MR) is 79.0 cm³/mol. The van der Waals surface area contributed by atoms with Gasteiger partial charge in [0.05, 0.1) is 19.2 Å². The maximum atomic E-state index is 12.2. The molecule has 0 aliphatic carbocycles. The second-order valence-corrected chi connectivity index (χ2v) is 5.41. The molecule has 1 aliphatic heterocycles. The third-order valence-corrected chi connectivity index (χ3v) is 3.75. The van der Waals surface area contributed by atoms with Gasteiger partial charge < -0.3 is 20.5 Å². The summed E-state index contributed by atoms with van der Waals surface area (Å²) in [5, 5.41) is 8.92. The van der Waals surface area contributed by atoms with Crippen molar-refractivity contribution in [3.63, 3.8) is 0 Å². The molecule has 0 aromatic heterocycles. The van der Waals surface area contributed by atoms with E-state index in [0.717, 1.165) is 19.3 Å². The van der Waals surface area contributed by atoms with Crippen LogP contribution in [0.5, 0.6) is 0 Å². The normalized spacial score (nSPS) is 19.7. The van der Waals surface area contributed by atoms with Crippen molar-refractivity contribution in [3.05, 3.63) is 0 Å². The van der Waals surface area contributed by atoms with Crippen LogP contribution in [0, 0.1) is 0 Å². The van der Waals surface area contributed by atoms with Crippen LogP contribution in [0.3, 0.4) is 0 Å². The van der Waals surface area contributed by atoms with Crippen molar-refractivity contribution in [2.24, 2.45) is 5.73 Å². The number of piperazine rings is 1. The van der Waals surface area contributed by atoms with E-state index in [9.17, 15) is 9.59 Å². The summed E-state index contributed by atoms with van der Waals surface area (Å²) in [5.41, 5.74) is 5.43. The van der Waals surface area contributed by atoms with Crippen LogP contribution in [-0.2, 0) is 14.3 Å². The first-order valence-corrected chi connectivity index (χ1v) is 7.51. The van der Waals surface area contributed by atoms with E-state index in [0.29, 0.717) is 39.2 Å². The zero-order valence-corrected chi connectivity index (χ0v) is 12.8. The van der Waals surface area contributed by atoms with E-state index in [-0.39, 0.29) is 18.5 Å². The smallest absolute Gasteiger partial charge is 0.317 e. The topological polar surface area (TPSA) is 96.1 Å². The van der Waals surface area contributed by atoms with E-state index in [4.69, 9.17) is 15.6 Å². The summed E-state index contributed by atoms with van der Waals surface area (Å²) in [4.78, 5) is 26.7. The van der Waals surface area contributed by atoms with E-state index in [1.807, 2.05) is 9.80 Å². The highest BCUT2D eigenvalue weighted by Gasteiger charge is 2.30. The number of amides is 1. The zero-order chi connectivity index (χ0) is 15.7. The van der Waals surface area contributed by atoms with Crippen LogP contribution in [0.4, 0.5) is 0 Å². The van der Waals surface area contributed by atoms with Gasteiger partial charge in [0.1, 0.15) is 0 Å². The van der Waals surface area contributed by atoms with Gasteiger partial charge in [-0.05, 0) is 19.4 Å². The molecule has 0 aromatic rings. The molecular weight excluding hydrogens is 274 g/mol. The summed E-state index contributed by atoms with van der Waals surface area (Å²) in [7, 11) is 1.59. The van der Waals surface area contributed by atoms with Crippen LogP contribution in [0.2, 0.25) is 0 Å². The number of rotatable bonds is 9. The minimum atomic E-state index is -0.849. The molecule has 3 N–H and O–H groups in total. The summed E-state index contributed by atoms with van der Waals surface area (Å²) in [6, 6.07) is -0.0483. The number of carboxylic acid groups (broad SMARTS) is 1. The van der Waals surface area contributed by atoms with E-state index in [1.54, 1.807) is 7.11 Å². The maximum Gasteiger partial charge on any atom is 0.317 e. The van der Waals surface area contributed by atoms with Crippen LogP contribution < -0.4 is 5.73 Å². The van der Waals surface area contributed by atoms with Gasteiger partial charge in [-0.2, -0.15) is 0 Å². The Labute approximate surface area is 126 Å². The lowest BCUT2D eigenvalue weighted by atomic mass is 10.1. The molecular formula is C14H27N3O4. The van der Waals surface area contributed by atoms with Crippen molar-refractivity contribution in [2.75, 3.05) is 46.4 Å². The molecule has 7 nitrogen and oxygen atoms in total. The number of unbranched alkanes of at least 4 members (excludes halogenated alkanes) is 2. The third kappa shape index (κ3) is 6.41. The quantitative estimate of drug-likeness (QED) is 0.570. The van der Waals surface area contributed by atoms with E-state index >= 15 is 0 Å². The Bertz CT molecular complexity index is 338. The van der Waals surface area contributed by atoms with Gasteiger partial charge >= 0.3 is 5.97 Å². The van der Waals surface area contributed by atoms with Gasteiger partial charge in [-0.25, -0.2) is 0 Å². The van der Waals surface area contributed by atoms with Crippen LogP contribution in [0.25, 0.3) is 0 Å². The number of aliphatic carboxylic acids is 1. The van der Waals surface area contributed by atoms with Gasteiger partial charge in [0.15, 0.2) is 0 Å². The minimum absolute atomic E-state index is 0.00738. The van der Waals surface area contributed by atoms with Gasteiger partial charge in [-0.3, -0.25) is 14.5 Å². The average Bonchev–Trinajstić information content (AvgIpc) is 2.45. The summed E-state index contributed by atoms with van der Waals surface area (Å²) >= 11 is 0. The average molecular weight is 301 g/mol. The van der Waals surface area contributed by atoms with Crippen molar-refractivity contribution in [1.82, 2.24) is 9.80 Å². The summed E-state index contributed by atoms with van der Waals surface area (Å²) < 4.78 is 5.15. The fraction of sp³-hybridized carbons (Fsp3) is 0.857. The molecule has 21 heavy (non-hydrogen) atoms. The number of ether oxygens (including phenoxy) is 1. The Kier molecular flexibility index (Phi) is 8.26. The van der Waals surface area contributed by atoms with Gasteiger partial charge in [0, 0.05) is 33.2 Å². The van der Waals surface area contributed by atoms with Crippen molar-refractivity contribution in [1.29, 1.82) is 0 Å². The van der Waals surface area contributed by atoms with Gasteiger partial charge in [0.2, 0.25) is 5.91 Å². The molecule has 1 saturated heterocycles. The van der Waals surface area contributed by atoms with E-state index < -0.39 is 5.97 Å². The molecule has 1 atom stereocenters. The maximum absolute atomic E-state index is 12.2. The number of hydrogen-bond acceptors (Lipinski definition) is 5. The van der Waals surface area contributed by atoms with E-state index in [1.165, 1.54) is 0 Å². The molecule has 122 valence electrons. The first-order valence-electron chi connectivity index (χ1n) is 7.51. The molecule has 1 fully saturated rings. The lowest BCUT2D eigenvalue weighted by molar-refractivity contribution is -0.141. The van der Waals surface area contributed by atoms with Crippen molar-refractivity contribution < 1.29 is 19.4 Å². The Balaban J connectivity index is 2.44. The Hall–Kier alpha value is -1.18. The first-order chi connectivity index (χ1) is 10.1. The first kappa shape index (κ1) is 17.9. The number of carbonyl (C=O) groups excluding carboxylic acids is 1. The Morgan fingerprint density at radius 3 is 2.67 bits per heavy atom. The monoisotopic (exact) mass is 301 g/mol. The number of carboxylic acids is 1. The number of hydrogen-bond donors (Lipinski definition) is 2. The number of nitrogens with two attached hydrogens (primary N) is 1. The lowest BCUT2D eigenvalue weighted by Crippen LogP contribution is -2.57. The largest absolute Gasteiger partial charge is 0.480 e. The molecule has 0 radical (unpaired) electrons. The molecule has 1 unspecified atom stereocenters. The van der Waals surface area contributed by atoms with Crippen LogP contribution in [0.15, 0.2) is 0 Å². The predicted octanol–water partition coefficient (Wildman–Crippen LogP) is -0.251. The van der Waals surface area contributed by atoms with Crippen LogP contribution in [-0.4, -0.2) is 79.3 Å². The highest BCUT2D eigenvalue weighted by atomic mass is 16.5. The standard InChI is InChI=1S/C14H27N3O4/c1-21-11-12-9-17(8-7-16(12)10-14(19)20)13(18)5-3-2-4-6-15/h12H,2-11,15H2,1H3,(H,19,20). The summed E-state index contributed by atoms with van der Waals surface area (Å²) in [5.74, 6) is -0.708. The SMILES string of the molecule is COCC1CN(C(=O)CCCCCN)CCN1CC(=O)O. The van der Waals surface area contributed by atoms with Crippen molar-refractivity contribution in [3.8, 4) is 0 Å². The Morgan fingerprint density at radius 2 is 2.05 bits per heavy atom. The number of nitrogens with zero attached hydrogens (tertiary/aromatic N) is 2. The van der Waals surface area contributed by atoms with E-state index in [2.05, 4.69) is 0 Å². The fourth-order valence-corrected chi connectivity index (χ4v) is 2.61. The van der Waals surface area contributed by atoms with Gasteiger partial charge in [-0.1, -0.05) is 6.42 Å². The second-order valence-electron chi connectivity index (χ2n) is 5.41. The molecule has 7 heteroatoms. The molecule has 1 aliphatic rings. The highest BCUT2D eigenvalue weighted by Crippen LogP contribution is 2.12. The molecule has 0 saturated carbocycles. The molecule has 1 heterocycles. The molecule has 1 amide bonds. The van der Waals surface area contributed by atoms with Crippen LogP contribution in [0.1, 0.15) is 25.7 Å². The molecule has 1 rings (SSSR count). The highest BCUT2D eigenvalue weighted by molar-refractivity contribution is 5.76. The number of methoxy groups -OCH3 is 1. The summed E-state index contributed by atoms with van der Waals surface area (Å²) in [6.45, 7) is 2.80. The Morgan fingerprint density at radius 1 is 1.29 bits per heavy atom. The van der Waals surface area contributed by atoms with Gasteiger partial charge in [0.25, 0.3) is 0 Å². The molecule has 0 bridgehead atoms.